The van der Waals surface area contributed by atoms with E-state index in [1.165, 1.54) is 92.8 Å². The van der Waals surface area contributed by atoms with Gasteiger partial charge in [-0.3, -0.25) is 0 Å². The number of para-hydroxylation sites is 4. The smallest absolute Gasteiger partial charge is 0.248 e. The van der Waals surface area contributed by atoms with Crippen LogP contribution in [0, 0.1) is 0 Å². The molecule has 3 aliphatic heterocycles. The number of nitrogens with zero attached hydrogens (tertiary/aromatic N) is 2. The predicted molar refractivity (Wildman–Crippen MR) is 223 cm³/mol. The monoisotopic (exact) mass is 674 g/mol. The fourth-order valence-electron chi connectivity index (χ4n) is 10.1. The molecule has 3 aliphatic rings. The number of anilines is 3. The Balaban J connectivity index is 1.24. The van der Waals surface area contributed by atoms with E-state index in [0.717, 1.165) is 0 Å². The van der Waals surface area contributed by atoms with Gasteiger partial charge in [0.05, 0.1) is 11.0 Å². The van der Waals surface area contributed by atoms with Gasteiger partial charge in [0.15, 0.2) is 8.07 Å². The van der Waals surface area contributed by atoms with Gasteiger partial charge in [0.25, 0.3) is 0 Å². The van der Waals surface area contributed by atoms with Gasteiger partial charge in [-0.1, -0.05) is 163 Å². The van der Waals surface area contributed by atoms with Crippen LogP contribution in [-0.4, -0.2) is 19.4 Å². The third kappa shape index (κ3) is 3.45. The van der Waals surface area contributed by atoms with Crippen LogP contribution >= 0.6 is 0 Å². The molecule has 0 spiro atoms. The quantitative estimate of drug-likeness (QED) is 0.188. The topological polar surface area (TPSA) is 8.17 Å². The van der Waals surface area contributed by atoms with Crippen molar-refractivity contribution in [3.05, 3.63) is 188 Å². The van der Waals surface area contributed by atoms with Crippen LogP contribution in [0.4, 0.5) is 17.1 Å². The molecule has 1 aromatic heterocycles. The van der Waals surface area contributed by atoms with Crippen molar-refractivity contribution in [2.24, 2.45) is 0 Å². The van der Waals surface area contributed by atoms with Crippen LogP contribution in [0.1, 0.15) is 0 Å². The summed E-state index contributed by atoms with van der Waals surface area (Å²) >= 11 is 0. The first kappa shape index (κ1) is 28.4. The van der Waals surface area contributed by atoms with Gasteiger partial charge in [-0.25, -0.2) is 0 Å². The predicted octanol–water partition coefficient (Wildman–Crippen LogP) is 6.75. The minimum atomic E-state index is -2.76. The van der Waals surface area contributed by atoms with Crippen molar-refractivity contribution in [1.82, 2.24) is 4.57 Å². The number of aromatic nitrogens is 1. The van der Waals surface area contributed by atoms with Gasteiger partial charge < -0.3 is 9.47 Å². The second-order valence-electron chi connectivity index (χ2n) is 14.4. The molecule has 8 aromatic carbocycles. The molecule has 0 amide bonds. The molecule has 0 atom stereocenters. The molecule has 0 unspecified atom stereocenters. The lowest BCUT2D eigenvalue weighted by molar-refractivity contribution is 1.17. The van der Waals surface area contributed by atoms with Gasteiger partial charge in [0.1, 0.15) is 0 Å². The van der Waals surface area contributed by atoms with Crippen molar-refractivity contribution in [3.8, 4) is 16.8 Å². The zero-order valence-electron chi connectivity index (χ0n) is 28.4. The molecule has 0 bridgehead atoms. The molecule has 9 aromatic rings. The van der Waals surface area contributed by atoms with E-state index in [1.54, 1.807) is 0 Å². The van der Waals surface area contributed by atoms with Crippen molar-refractivity contribution in [2.45, 2.75) is 0 Å². The first-order chi connectivity index (χ1) is 25.8. The summed E-state index contributed by atoms with van der Waals surface area (Å²) in [5.41, 5.74) is 14.5. The second-order valence-corrected chi connectivity index (χ2v) is 18.1. The molecular formula is C48H31BN2Si. The molecule has 2 nitrogen and oxygen atoms in total. The van der Waals surface area contributed by atoms with E-state index in [0.29, 0.717) is 0 Å². The summed E-state index contributed by atoms with van der Waals surface area (Å²) in [6.45, 7) is 0.156. The van der Waals surface area contributed by atoms with E-state index in [2.05, 4.69) is 198 Å². The maximum atomic E-state index is 2.65. The summed E-state index contributed by atoms with van der Waals surface area (Å²) in [4.78, 5) is 2.65. The lowest BCUT2D eigenvalue weighted by Crippen LogP contribution is -2.78. The first-order valence-electron chi connectivity index (χ1n) is 18.2. The highest BCUT2D eigenvalue weighted by Gasteiger charge is 2.53. The third-order valence-electron chi connectivity index (χ3n) is 12.0. The number of rotatable bonds is 3. The Morgan fingerprint density at radius 3 is 1.73 bits per heavy atom. The fraction of sp³-hybridized carbons (Fsp3) is 0. The van der Waals surface area contributed by atoms with Crippen LogP contribution in [0.3, 0.4) is 0 Å². The van der Waals surface area contributed by atoms with Gasteiger partial charge in [-0.15, -0.1) is 0 Å². The Bertz CT molecular complexity index is 2840. The normalized spacial score (nSPS) is 14.2. The van der Waals surface area contributed by atoms with E-state index in [9.17, 15) is 0 Å². The average molecular weight is 675 g/mol. The molecular weight excluding hydrogens is 643 g/mol. The van der Waals surface area contributed by atoms with Crippen molar-refractivity contribution in [1.29, 1.82) is 0 Å². The van der Waals surface area contributed by atoms with Crippen LogP contribution in [0.15, 0.2) is 188 Å². The molecule has 0 radical (unpaired) electrons. The maximum absolute atomic E-state index is 2.76. The molecule has 240 valence electrons. The summed E-state index contributed by atoms with van der Waals surface area (Å²) < 4.78 is 2.49. The molecule has 0 N–H and O–H groups in total. The van der Waals surface area contributed by atoms with Gasteiger partial charge in [-0.05, 0) is 73.1 Å². The zero-order valence-corrected chi connectivity index (χ0v) is 29.4. The number of hydrogen-bond donors (Lipinski definition) is 0. The van der Waals surface area contributed by atoms with E-state index in [1.807, 2.05) is 0 Å². The Morgan fingerprint density at radius 1 is 0.423 bits per heavy atom. The standard InChI is InChI=1S/C48H31BN2Si/c1-3-16-33(17-4-1)52(34-18-5-2-6-19-34)45-28-14-13-27-43(45)51-44-31-32(50-41-25-11-8-21-36(41)37-22-9-12-26-42(37)50)30-38-35-20-7-10-23-39(35)49(47(38)44)40-24-15-29-46(52)48(40)51/h1-31H. The van der Waals surface area contributed by atoms with Gasteiger partial charge >= 0.3 is 0 Å². The van der Waals surface area contributed by atoms with Gasteiger partial charge in [0.2, 0.25) is 6.71 Å². The Morgan fingerprint density at radius 2 is 1.00 bits per heavy atom. The fourth-order valence-corrected chi connectivity index (χ4v) is 15.3. The molecule has 4 heteroatoms. The van der Waals surface area contributed by atoms with Crippen LogP contribution in [0.25, 0.3) is 38.6 Å². The highest BCUT2D eigenvalue weighted by atomic mass is 28.3. The Kier molecular flexibility index (Phi) is 5.64. The van der Waals surface area contributed by atoms with Crippen LogP contribution in [0.5, 0.6) is 0 Å². The molecule has 0 aliphatic carbocycles. The van der Waals surface area contributed by atoms with Crippen molar-refractivity contribution < 1.29 is 0 Å². The molecule has 0 saturated carbocycles. The Hall–Kier alpha value is -6.36. The van der Waals surface area contributed by atoms with Gasteiger partial charge in [0, 0.05) is 33.5 Å². The lowest BCUT2D eigenvalue weighted by atomic mass is 9.37. The van der Waals surface area contributed by atoms with Crippen LogP contribution < -0.4 is 42.0 Å². The molecule has 0 saturated heterocycles. The number of benzene rings is 8. The second kappa shape index (κ2) is 10.3. The summed E-state index contributed by atoms with van der Waals surface area (Å²) in [5.74, 6) is 0. The lowest BCUT2D eigenvalue weighted by Gasteiger charge is -2.48. The highest BCUT2D eigenvalue weighted by Crippen LogP contribution is 2.44. The minimum Gasteiger partial charge on any atom is -0.312 e. The molecule has 52 heavy (non-hydrogen) atoms. The summed E-state index contributed by atoms with van der Waals surface area (Å²) in [7, 11) is -2.76. The highest BCUT2D eigenvalue weighted by molar-refractivity contribution is 7.22. The van der Waals surface area contributed by atoms with E-state index < -0.39 is 8.07 Å². The SMILES string of the molecule is c1ccc([Si]2(c3ccccc3)c3ccccc3N3c4cc(-n5c6ccccc6c6ccccc65)cc5c4B(c4ccccc4-5)c4cccc2c43)cc1. The van der Waals surface area contributed by atoms with Crippen molar-refractivity contribution in [3.63, 3.8) is 0 Å². The van der Waals surface area contributed by atoms with Crippen LogP contribution in [-0.2, 0) is 0 Å². The van der Waals surface area contributed by atoms with Gasteiger partial charge in [-0.2, -0.15) is 0 Å². The number of hydrogen-bond acceptors (Lipinski definition) is 1. The molecule has 0 fully saturated rings. The van der Waals surface area contributed by atoms with Crippen molar-refractivity contribution >= 4 is 90.8 Å². The third-order valence-corrected chi connectivity index (χ3v) is 16.9. The average Bonchev–Trinajstić information content (AvgIpc) is 3.73. The summed E-state index contributed by atoms with van der Waals surface area (Å²) in [6, 6.07) is 71.1. The van der Waals surface area contributed by atoms with E-state index in [-0.39, 0.29) is 6.71 Å². The zero-order chi connectivity index (χ0) is 34.0. The van der Waals surface area contributed by atoms with E-state index >= 15 is 0 Å². The first-order valence-corrected chi connectivity index (χ1v) is 20.2. The maximum Gasteiger partial charge on any atom is 0.248 e. The Labute approximate surface area is 304 Å². The summed E-state index contributed by atoms with van der Waals surface area (Å²) in [5, 5.41) is 8.28. The van der Waals surface area contributed by atoms with E-state index in [4.69, 9.17) is 0 Å². The number of fused-ring (bicyclic) bond motifs is 10. The molecule has 12 rings (SSSR count). The summed E-state index contributed by atoms with van der Waals surface area (Å²) in [6.07, 6.45) is 0. The van der Waals surface area contributed by atoms with Crippen LogP contribution in [0.2, 0.25) is 0 Å². The largest absolute Gasteiger partial charge is 0.312 e. The molecule has 4 heterocycles. The minimum absolute atomic E-state index is 0.156. The van der Waals surface area contributed by atoms with Crippen molar-refractivity contribution in [2.75, 3.05) is 4.90 Å².